The van der Waals surface area contributed by atoms with E-state index in [2.05, 4.69) is 0 Å². The highest BCUT2D eigenvalue weighted by atomic mass is 16.5. The second-order valence-corrected chi connectivity index (χ2v) is 4.61. The number of ether oxygens (including phenoxy) is 2. The minimum absolute atomic E-state index is 0.0742. The van der Waals surface area contributed by atoms with Crippen LogP contribution >= 0.6 is 0 Å². The summed E-state index contributed by atoms with van der Waals surface area (Å²) in [6.45, 7) is 2.22. The molecule has 5 heteroatoms. The highest BCUT2D eigenvalue weighted by molar-refractivity contribution is 5.80. The predicted molar refractivity (Wildman–Crippen MR) is 67.6 cm³/mol. The molecule has 0 bridgehead atoms. The Kier molecular flexibility index (Phi) is 3.43. The molecule has 1 aromatic carbocycles. The Labute approximate surface area is 106 Å². The molecule has 1 aliphatic rings. The lowest BCUT2D eigenvalue weighted by molar-refractivity contribution is -0.135. The zero-order valence-electron chi connectivity index (χ0n) is 10.8. The minimum atomic E-state index is -0.520. The summed E-state index contributed by atoms with van der Waals surface area (Å²) in [6, 6.07) is 5.40. The average molecular weight is 250 g/mol. The van der Waals surface area contributed by atoms with Crippen molar-refractivity contribution in [2.24, 2.45) is 5.73 Å². The van der Waals surface area contributed by atoms with E-state index in [1.807, 2.05) is 12.1 Å². The maximum absolute atomic E-state index is 11.7. The fourth-order valence-electron chi connectivity index (χ4n) is 1.91. The van der Waals surface area contributed by atoms with Gasteiger partial charge in [-0.15, -0.1) is 0 Å². The van der Waals surface area contributed by atoms with Crippen molar-refractivity contribution >= 4 is 5.91 Å². The molecule has 2 N–H and O–H groups in total. The van der Waals surface area contributed by atoms with Crippen molar-refractivity contribution in [1.29, 1.82) is 0 Å². The monoisotopic (exact) mass is 250 g/mol. The van der Waals surface area contributed by atoms with Gasteiger partial charge in [0.1, 0.15) is 18.1 Å². The Hall–Kier alpha value is -1.75. The number of carbonyl (C=O) groups is 1. The zero-order valence-corrected chi connectivity index (χ0v) is 10.8. The Bertz CT molecular complexity index is 460. The molecule has 18 heavy (non-hydrogen) atoms. The van der Waals surface area contributed by atoms with E-state index < -0.39 is 6.10 Å². The van der Waals surface area contributed by atoms with E-state index in [9.17, 15) is 4.79 Å². The number of nitrogens with zero attached hydrogens (tertiary/aromatic N) is 1. The molecule has 2 unspecified atom stereocenters. The molecular formula is C13H18N2O3. The first-order chi connectivity index (χ1) is 8.49. The molecule has 2 rings (SSSR count). The van der Waals surface area contributed by atoms with Crippen molar-refractivity contribution < 1.29 is 14.3 Å². The van der Waals surface area contributed by atoms with Gasteiger partial charge in [0.05, 0.1) is 6.04 Å². The van der Waals surface area contributed by atoms with Crippen LogP contribution in [0.3, 0.4) is 0 Å². The van der Waals surface area contributed by atoms with Gasteiger partial charge in [0.2, 0.25) is 0 Å². The smallest absolute Gasteiger partial charge is 0.262 e. The molecule has 1 amide bonds. The number of carbonyl (C=O) groups excluding carboxylic acids is 1. The number of amides is 1. The van der Waals surface area contributed by atoms with Crippen molar-refractivity contribution in [3.8, 4) is 11.5 Å². The van der Waals surface area contributed by atoms with Crippen molar-refractivity contribution in [2.45, 2.75) is 19.1 Å². The summed E-state index contributed by atoms with van der Waals surface area (Å²) in [4.78, 5) is 13.2. The molecule has 5 nitrogen and oxygen atoms in total. The topological polar surface area (TPSA) is 64.8 Å². The van der Waals surface area contributed by atoms with Crippen LogP contribution in [0.15, 0.2) is 18.2 Å². The third-order valence-corrected chi connectivity index (χ3v) is 2.90. The third-order valence-electron chi connectivity index (χ3n) is 2.90. The molecule has 0 aromatic heterocycles. The minimum Gasteiger partial charge on any atom is -0.491 e. The van der Waals surface area contributed by atoms with Crippen LogP contribution in [0.2, 0.25) is 0 Å². The number of hydrogen-bond acceptors (Lipinski definition) is 4. The maximum atomic E-state index is 11.7. The Morgan fingerprint density at radius 2 is 2.28 bits per heavy atom. The van der Waals surface area contributed by atoms with E-state index in [1.165, 1.54) is 4.90 Å². The number of fused-ring (bicyclic) bond motifs is 1. The van der Waals surface area contributed by atoms with Gasteiger partial charge < -0.3 is 20.1 Å². The lowest BCUT2D eigenvalue weighted by Gasteiger charge is -2.18. The average Bonchev–Trinajstić information content (AvgIpc) is 2.69. The van der Waals surface area contributed by atoms with Crippen LogP contribution in [0.25, 0.3) is 0 Å². The van der Waals surface area contributed by atoms with Crippen molar-refractivity contribution in [2.75, 3.05) is 20.7 Å². The summed E-state index contributed by atoms with van der Waals surface area (Å²) < 4.78 is 11.0. The quantitative estimate of drug-likeness (QED) is 0.867. The largest absolute Gasteiger partial charge is 0.491 e. The van der Waals surface area contributed by atoms with Crippen LogP contribution < -0.4 is 15.2 Å². The first-order valence-corrected chi connectivity index (χ1v) is 5.89. The molecule has 1 aromatic rings. The Morgan fingerprint density at radius 1 is 1.56 bits per heavy atom. The van der Waals surface area contributed by atoms with Crippen LogP contribution in [0.1, 0.15) is 18.5 Å². The van der Waals surface area contributed by atoms with Gasteiger partial charge in [0, 0.05) is 25.7 Å². The third kappa shape index (κ3) is 2.41. The van der Waals surface area contributed by atoms with E-state index in [4.69, 9.17) is 15.2 Å². The molecule has 1 heterocycles. The highest BCUT2D eigenvalue weighted by Gasteiger charge is 2.22. The maximum Gasteiger partial charge on any atom is 0.262 e. The van der Waals surface area contributed by atoms with E-state index >= 15 is 0 Å². The van der Waals surface area contributed by atoms with Gasteiger partial charge in [0.15, 0.2) is 6.10 Å². The van der Waals surface area contributed by atoms with Crippen LogP contribution in [0.4, 0.5) is 0 Å². The summed E-state index contributed by atoms with van der Waals surface area (Å²) in [5.74, 6) is 1.28. The van der Waals surface area contributed by atoms with Crippen LogP contribution in [0, 0.1) is 0 Å². The fraction of sp³-hybridized carbons (Fsp3) is 0.462. The molecule has 0 fully saturated rings. The second kappa shape index (κ2) is 4.86. The molecule has 98 valence electrons. The Balaban J connectivity index is 2.09. The van der Waals surface area contributed by atoms with Gasteiger partial charge in [-0.3, -0.25) is 4.79 Å². The summed E-state index contributed by atoms with van der Waals surface area (Å²) >= 11 is 0. The number of rotatable bonds is 3. The molecule has 0 spiro atoms. The van der Waals surface area contributed by atoms with Crippen LogP contribution in [-0.2, 0) is 4.79 Å². The van der Waals surface area contributed by atoms with E-state index in [-0.39, 0.29) is 11.9 Å². The summed E-state index contributed by atoms with van der Waals surface area (Å²) in [7, 11) is 3.40. The van der Waals surface area contributed by atoms with Crippen LogP contribution in [0.5, 0.6) is 11.5 Å². The van der Waals surface area contributed by atoms with Gasteiger partial charge in [-0.25, -0.2) is 0 Å². The van der Waals surface area contributed by atoms with E-state index in [0.29, 0.717) is 12.4 Å². The molecule has 0 radical (unpaired) electrons. The highest BCUT2D eigenvalue weighted by Crippen LogP contribution is 2.34. The first kappa shape index (κ1) is 12.7. The Morgan fingerprint density at radius 3 is 2.94 bits per heavy atom. The zero-order chi connectivity index (χ0) is 13.3. The number of benzene rings is 1. The lowest BCUT2D eigenvalue weighted by atomic mass is 10.1. The molecule has 1 aliphatic heterocycles. The summed E-state index contributed by atoms with van der Waals surface area (Å²) in [6.07, 6.45) is -0.520. The van der Waals surface area contributed by atoms with Gasteiger partial charge in [-0.2, -0.15) is 0 Å². The summed E-state index contributed by atoms with van der Waals surface area (Å²) in [5, 5.41) is 0. The van der Waals surface area contributed by atoms with Gasteiger partial charge in [-0.05, 0) is 19.1 Å². The molecule has 0 saturated heterocycles. The van der Waals surface area contributed by atoms with Gasteiger partial charge >= 0.3 is 0 Å². The standard InChI is InChI=1S/C13H18N2O3/c1-8(13(16)15(2)3)18-9-4-5-10-11(14)7-17-12(10)6-9/h4-6,8,11H,7,14H2,1-3H3. The van der Waals surface area contributed by atoms with Crippen LogP contribution in [-0.4, -0.2) is 37.6 Å². The van der Waals surface area contributed by atoms with E-state index in [1.54, 1.807) is 27.1 Å². The lowest BCUT2D eigenvalue weighted by Crippen LogP contribution is -2.35. The van der Waals surface area contributed by atoms with Gasteiger partial charge in [-0.1, -0.05) is 0 Å². The molecule has 0 aliphatic carbocycles. The molecule has 0 saturated carbocycles. The van der Waals surface area contributed by atoms with E-state index in [0.717, 1.165) is 11.3 Å². The first-order valence-electron chi connectivity index (χ1n) is 5.89. The number of likely N-dealkylation sites (N-methyl/N-ethyl adjacent to an activating group) is 1. The molecular weight excluding hydrogens is 232 g/mol. The number of nitrogens with two attached hydrogens (primary N) is 1. The second-order valence-electron chi connectivity index (χ2n) is 4.61. The normalized spacial score (nSPS) is 18.8. The predicted octanol–water partition coefficient (Wildman–Crippen LogP) is 0.934. The molecule has 2 atom stereocenters. The summed E-state index contributed by atoms with van der Waals surface area (Å²) in [5.41, 5.74) is 6.84. The number of hydrogen-bond donors (Lipinski definition) is 1. The fourth-order valence-corrected chi connectivity index (χ4v) is 1.91. The SMILES string of the molecule is CC(Oc1ccc2c(c1)OCC2N)C(=O)N(C)C. The van der Waals surface area contributed by atoms with Gasteiger partial charge in [0.25, 0.3) is 5.91 Å². The van der Waals surface area contributed by atoms with Crippen molar-refractivity contribution in [3.63, 3.8) is 0 Å². The van der Waals surface area contributed by atoms with Crippen molar-refractivity contribution in [3.05, 3.63) is 23.8 Å². The van der Waals surface area contributed by atoms with Crippen molar-refractivity contribution in [1.82, 2.24) is 4.90 Å².